The van der Waals surface area contributed by atoms with Gasteiger partial charge in [0, 0.05) is 30.1 Å². The van der Waals surface area contributed by atoms with Gasteiger partial charge < -0.3 is 20.0 Å². The SMILES string of the molecule is C=Cc1nc2ccc(-c3c(-c4ccc(Oc5nccc(C)n5)cc4)c4c(N)ncnc4n3C)cc2[nH]1. The molecule has 2 aromatic carbocycles. The van der Waals surface area contributed by atoms with Gasteiger partial charge in [-0.2, -0.15) is 0 Å². The van der Waals surface area contributed by atoms with Crippen LogP contribution in [0.1, 0.15) is 11.5 Å². The van der Waals surface area contributed by atoms with Crippen molar-refractivity contribution in [1.82, 2.24) is 34.5 Å². The molecule has 4 aromatic heterocycles. The maximum absolute atomic E-state index is 6.38. The first kappa shape index (κ1) is 21.5. The minimum absolute atomic E-state index is 0.304. The topological polar surface area (TPSA) is 120 Å². The Morgan fingerprint density at radius 2 is 1.81 bits per heavy atom. The number of ether oxygens (including phenoxy) is 1. The third-order valence-corrected chi connectivity index (χ3v) is 6.09. The summed E-state index contributed by atoms with van der Waals surface area (Å²) >= 11 is 0. The lowest BCUT2D eigenvalue weighted by Crippen LogP contribution is -1.95. The van der Waals surface area contributed by atoms with Gasteiger partial charge in [0.25, 0.3) is 0 Å². The average Bonchev–Trinajstić information content (AvgIpc) is 3.43. The fourth-order valence-corrected chi connectivity index (χ4v) is 4.44. The molecule has 0 aliphatic carbocycles. The monoisotopic (exact) mass is 474 g/mol. The summed E-state index contributed by atoms with van der Waals surface area (Å²) in [6.07, 6.45) is 4.85. The minimum atomic E-state index is 0.304. The lowest BCUT2D eigenvalue weighted by molar-refractivity contribution is 0.440. The highest BCUT2D eigenvalue weighted by molar-refractivity contribution is 6.08. The number of aromatic amines is 1. The van der Waals surface area contributed by atoms with Crippen LogP contribution in [-0.4, -0.2) is 34.5 Å². The maximum Gasteiger partial charge on any atom is 0.322 e. The van der Waals surface area contributed by atoms with Gasteiger partial charge in [-0.1, -0.05) is 24.8 Å². The summed E-state index contributed by atoms with van der Waals surface area (Å²) in [7, 11) is 1.98. The molecule has 3 N–H and O–H groups in total. The molecule has 6 aromatic rings. The molecule has 9 heteroatoms. The lowest BCUT2D eigenvalue weighted by atomic mass is 9.98. The maximum atomic E-state index is 6.38. The average molecular weight is 475 g/mol. The Kier molecular flexibility index (Phi) is 4.96. The number of nitrogen functional groups attached to an aromatic ring is 1. The molecule has 0 saturated carbocycles. The van der Waals surface area contributed by atoms with Crippen molar-refractivity contribution < 1.29 is 4.74 Å². The highest BCUT2D eigenvalue weighted by atomic mass is 16.5. The molecule has 0 unspecified atom stereocenters. The van der Waals surface area contributed by atoms with Gasteiger partial charge in [0.15, 0.2) is 0 Å². The predicted octanol–water partition coefficient (Wildman–Crippen LogP) is 5.29. The Labute approximate surface area is 206 Å². The van der Waals surface area contributed by atoms with E-state index in [1.165, 1.54) is 6.33 Å². The quantitative estimate of drug-likeness (QED) is 0.348. The van der Waals surface area contributed by atoms with E-state index in [9.17, 15) is 0 Å². The molecule has 176 valence electrons. The highest BCUT2D eigenvalue weighted by Crippen LogP contribution is 2.42. The third-order valence-electron chi connectivity index (χ3n) is 6.09. The molecule has 4 heterocycles. The van der Waals surface area contributed by atoms with Crippen LogP contribution in [-0.2, 0) is 7.05 Å². The van der Waals surface area contributed by atoms with Gasteiger partial charge in [-0.3, -0.25) is 0 Å². The summed E-state index contributed by atoms with van der Waals surface area (Å²) in [4.78, 5) is 25.1. The number of nitrogens with one attached hydrogen (secondary N) is 1. The first-order valence-electron chi connectivity index (χ1n) is 11.3. The highest BCUT2D eigenvalue weighted by Gasteiger charge is 2.22. The Morgan fingerprint density at radius 1 is 1.00 bits per heavy atom. The zero-order valence-corrected chi connectivity index (χ0v) is 19.7. The van der Waals surface area contributed by atoms with Crippen molar-refractivity contribution in [2.24, 2.45) is 7.05 Å². The van der Waals surface area contributed by atoms with Gasteiger partial charge >= 0.3 is 6.01 Å². The number of hydrogen-bond acceptors (Lipinski definition) is 7. The first-order valence-corrected chi connectivity index (χ1v) is 11.3. The van der Waals surface area contributed by atoms with E-state index in [4.69, 9.17) is 10.5 Å². The largest absolute Gasteiger partial charge is 0.424 e. The molecule has 0 radical (unpaired) electrons. The van der Waals surface area contributed by atoms with Crippen LogP contribution in [0.15, 0.2) is 67.6 Å². The summed E-state index contributed by atoms with van der Waals surface area (Å²) in [5.41, 5.74) is 13.6. The summed E-state index contributed by atoms with van der Waals surface area (Å²) in [6, 6.07) is 16.0. The van der Waals surface area contributed by atoms with Crippen molar-refractivity contribution in [3.8, 4) is 34.1 Å². The smallest absolute Gasteiger partial charge is 0.322 e. The number of imidazole rings is 1. The molecule has 0 aliphatic heterocycles. The van der Waals surface area contributed by atoms with Crippen molar-refractivity contribution in [1.29, 1.82) is 0 Å². The summed E-state index contributed by atoms with van der Waals surface area (Å²) in [5, 5.41) is 0.794. The van der Waals surface area contributed by atoms with Crippen molar-refractivity contribution in [2.75, 3.05) is 5.73 Å². The number of benzene rings is 2. The minimum Gasteiger partial charge on any atom is -0.424 e. The predicted molar refractivity (Wildman–Crippen MR) is 140 cm³/mol. The van der Waals surface area contributed by atoms with Crippen LogP contribution < -0.4 is 10.5 Å². The number of anilines is 1. The van der Waals surface area contributed by atoms with Crippen LogP contribution in [0, 0.1) is 6.92 Å². The van der Waals surface area contributed by atoms with Gasteiger partial charge in [0.2, 0.25) is 0 Å². The van der Waals surface area contributed by atoms with Crippen LogP contribution in [0.4, 0.5) is 5.82 Å². The number of nitrogens with zero attached hydrogens (tertiary/aromatic N) is 6. The fourth-order valence-electron chi connectivity index (χ4n) is 4.44. The number of aryl methyl sites for hydroxylation is 2. The molecule has 0 fully saturated rings. The Bertz CT molecular complexity index is 1770. The molecule has 0 amide bonds. The molecule has 0 bridgehead atoms. The van der Waals surface area contributed by atoms with E-state index in [0.717, 1.165) is 56.0 Å². The van der Waals surface area contributed by atoms with Crippen LogP contribution in [0.5, 0.6) is 11.8 Å². The number of H-pyrrole nitrogens is 1. The molecule has 0 aliphatic rings. The van der Waals surface area contributed by atoms with Crippen LogP contribution >= 0.6 is 0 Å². The first-order chi connectivity index (χ1) is 17.5. The zero-order chi connectivity index (χ0) is 24.8. The van der Waals surface area contributed by atoms with Crippen molar-refractivity contribution in [3.63, 3.8) is 0 Å². The standard InChI is InChI=1S/C27H22N8O/c1-4-21-33-19-10-7-17(13-20(19)34-21)24-22(23-25(28)30-14-31-26(23)35(24)3)16-5-8-18(9-6-16)36-27-29-12-11-15(2)32-27/h4-14H,1H2,2-3H3,(H,33,34)(H2,28,30,31). The number of nitrogens with two attached hydrogens (primary N) is 1. The fraction of sp³-hybridized carbons (Fsp3) is 0.0741. The van der Waals surface area contributed by atoms with Crippen LogP contribution in [0.3, 0.4) is 0 Å². The molecule has 0 spiro atoms. The van der Waals surface area contributed by atoms with Crippen LogP contribution in [0.25, 0.3) is 50.5 Å². The van der Waals surface area contributed by atoms with Gasteiger partial charge in [0.1, 0.15) is 29.4 Å². The lowest BCUT2D eigenvalue weighted by Gasteiger charge is -2.10. The summed E-state index contributed by atoms with van der Waals surface area (Å²) < 4.78 is 7.89. The van der Waals surface area contributed by atoms with Gasteiger partial charge in [-0.15, -0.1) is 0 Å². The molecule has 36 heavy (non-hydrogen) atoms. The summed E-state index contributed by atoms with van der Waals surface area (Å²) in [6.45, 7) is 5.70. The number of rotatable bonds is 5. The molecule has 0 saturated heterocycles. The molecule has 6 rings (SSSR count). The van der Waals surface area contributed by atoms with E-state index in [1.54, 1.807) is 12.3 Å². The second-order valence-electron chi connectivity index (χ2n) is 8.41. The van der Waals surface area contributed by atoms with Gasteiger partial charge in [-0.05, 0) is 48.9 Å². The zero-order valence-electron chi connectivity index (χ0n) is 19.7. The van der Waals surface area contributed by atoms with Gasteiger partial charge in [0.05, 0.1) is 22.1 Å². The summed E-state index contributed by atoms with van der Waals surface area (Å²) in [5.74, 6) is 1.77. The van der Waals surface area contributed by atoms with Crippen LogP contribution in [0.2, 0.25) is 0 Å². The van der Waals surface area contributed by atoms with E-state index >= 15 is 0 Å². The van der Waals surface area contributed by atoms with Gasteiger partial charge in [-0.25, -0.2) is 24.9 Å². The molecular formula is C27H22N8O. The Morgan fingerprint density at radius 3 is 2.58 bits per heavy atom. The molecule has 0 atom stereocenters. The van der Waals surface area contributed by atoms with E-state index in [0.29, 0.717) is 17.6 Å². The van der Waals surface area contributed by atoms with E-state index in [-0.39, 0.29) is 0 Å². The van der Waals surface area contributed by atoms with Crippen molar-refractivity contribution in [3.05, 3.63) is 79.2 Å². The number of fused-ring (bicyclic) bond motifs is 2. The number of aromatic nitrogens is 7. The van der Waals surface area contributed by atoms with E-state index in [1.807, 2.05) is 61.0 Å². The molecule has 9 nitrogen and oxygen atoms in total. The normalized spacial score (nSPS) is 11.3. The second kappa shape index (κ2) is 8.31. The molecular weight excluding hydrogens is 452 g/mol. The van der Waals surface area contributed by atoms with Crippen molar-refractivity contribution >= 4 is 34.0 Å². The Balaban J connectivity index is 1.51. The van der Waals surface area contributed by atoms with Crippen molar-refractivity contribution in [2.45, 2.75) is 6.92 Å². The second-order valence-corrected chi connectivity index (χ2v) is 8.41. The number of hydrogen-bond donors (Lipinski definition) is 2. The Hall–Kier alpha value is -5.05. The third kappa shape index (κ3) is 3.54. The van der Waals surface area contributed by atoms with E-state index < -0.39 is 0 Å². The van der Waals surface area contributed by atoms with E-state index in [2.05, 4.69) is 42.5 Å².